The molecule has 0 heterocycles. The predicted molar refractivity (Wildman–Crippen MR) is 239 cm³/mol. The van der Waals surface area contributed by atoms with Crippen LogP contribution in [-0.4, -0.2) is 78.0 Å². The maximum Gasteiger partial charge on any atom is 0.330 e. The Morgan fingerprint density at radius 3 is 1.10 bits per heavy atom. The molecule has 1 spiro atoms. The molecule has 0 amide bonds. The summed E-state index contributed by atoms with van der Waals surface area (Å²) in [5.41, 5.74) is 9.65. The lowest BCUT2D eigenvalue weighted by Gasteiger charge is -2.32. The lowest BCUT2D eigenvalue weighted by Crippen LogP contribution is -2.30. The third-order valence-electron chi connectivity index (χ3n) is 12.2. The first kappa shape index (κ1) is 44.6. The molecule has 0 aromatic heterocycles. The Labute approximate surface area is 354 Å². The van der Waals surface area contributed by atoms with Gasteiger partial charge in [-0.2, -0.15) is 0 Å². The normalized spacial score (nSPS) is 15.1. The van der Waals surface area contributed by atoms with Crippen molar-refractivity contribution in [2.45, 2.75) is 86.5 Å². The minimum atomic E-state index is -0.815. The van der Waals surface area contributed by atoms with Crippen molar-refractivity contribution in [3.8, 4) is 45.3 Å². The summed E-state index contributed by atoms with van der Waals surface area (Å²) in [5.74, 6) is 4.35. The van der Waals surface area contributed by atoms with Crippen molar-refractivity contribution in [1.29, 1.82) is 0 Å². The fourth-order valence-electron chi connectivity index (χ4n) is 7.68. The van der Waals surface area contributed by atoms with Crippen LogP contribution in [0, 0.1) is 23.7 Å². The zero-order valence-corrected chi connectivity index (χ0v) is 36.6. The number of benzene rings is 4. The first-order valence-corrected chi connectivity index (χ1v) is 21.9. The van der Waals surface area contributed by atoms with Gasteiger partial charge >= 0.3 is 15.0 Å². The maximum absolute atomic E-state index is 9.54. The summed E-state index contributed by atoms with van der Waals surface area (Å²) in [7, 11) is 3.45. The highest BCUT2D eigenvalue weighted by Gasteiger charge is 2.53. The highest BCUT2D eigenvalue weighted by atomic mass is 16.5. The molecular formula is C49H64B2O8. The summed E-state index contributed by atoms with van der Waals surface area (Å²) >= 11 is 0. The average molecular weight is 803 g/mol. The molecule has 2 aliphatic rings. The summed E-state index contributed by atoms with van der Waals surface area (Å²) in [6.45, 7) is 20.1. The third kappa shape index (κ3) is 9.52. The van der Waals surface area contributed by atoms with E-state index in [-0.39, 0.29) is 26.4 Å². The van der Waals surface area contributed by atoms with Gasteiger partial charge in [-0.1, -0.05) is 128 Å². The molecule has 0 aliphatic heterocycles. The molecule has 8 nitrogen and oxygen atoms in total. The third-order valence-corrected chi connectivity index (χ3v) is 12.2. The van der Waals surface area contributed by atoms with E-state index in [1.54, 1.807) is 15.0 Å². The van der Waals surface area contributed by atoms with Gasteiger partial charge in [-0.25, -0.2) is 0 Å². The first-order valence-electron chi connectivity index (χ1n) is 21.9. The Balaban J connectivity index is 1.69. The minimum absolute atomic E-state index is 0.0725. The number of hydrogen-bond donors (Lipinski definition) is 2. The van der Waals surface area contributed by atoms with Gasteiger partial charge < -0.3 is 38.5 Å². The molecular weight excluding hydrogens is 738 g/mol. The molecule has 2 aliphatic carbocycles. The molecule has 10 heteroatoms. The molecule has 2 radical (unpaired) electrons. The van der Waals surface area contributed by atoms with Gasteiger partial charge in [0.1, 0.15) is 0 Å². The van der Waals surface area contributed by atoms with Crippen molar-refractivity contribution < 1.29 is 38.5 Å². The smallest absolute Gasteiger partial charge is 0.330 e. The van der Waals surface area contributed by atoms with Crippen LogP contribution in [0.15, 0.2) is 60.7 Å². The molecule has 314 valence electrons. The monoisotopic (exact) mass is 802 g/mol. The lowest BCUT2D eigenvalue weighted by atomic mass is 9.68. The summed E-state index contributed by atoms with van der Waals surface area (Å²) < 4.78 is 38.5. The van der Waals surface area contributed by atoms with E-state index in [0.29, 0.717) is 50.1 Å². The summed E-state index contributed by atoms with van der Waals surface area (Å²) in [6.07, 6.45) is 4.01. The second kappa shape index (κ2) is 20.5. The second-order valence-electron chi connectivity index (χ2n) is 16.8. The number of ether oxygens (including phenoxy) is 4. The van der Waals surface area contributed by atoms with Crippen LogP contribution in [0.5, 0.6) is 23.0 Å². The number of rotatable bonds is 24. The van der Waals surface area contributed by atoms with E-state index in [1.165, 1.54) is 0 Å². The van der Waals surface area contributed by atoms with Crippen molar-refractivity contribution in [3.63, 3.8) is 0 Å². The topological polar surface area (TPSA) is 95.8 Å². The zero-order chi connectivity index (χ0) is 42.1. The Bertz CT molecular complexity index is 1870. The summed E-state index contributed by atoms with van der Waals surface area (Å²) in [5, 5.41) is 19.1. The van der Waals surface area contributed by atoms with E-state index >= 15 is 0 Å². The van der Waals surface area contributed by atoms with Crippen LogP contribution in [0.2, 0.25) is 0 Å². The van der Waals surface area contributed by atoms with Crippen LogP contribution in [0.25, 0.3) is 22.3 Å². The van der Waals surface area contributed by atoms with E-state index < -0.39 is 5.41 Å². The molecule has 4 atom stereocenters. The standard InChI is InChI=1S/C49H64B2O8/c1-9-31(5)27-54-45-23-39-40-24-46(55-28-32(6)10-2)48(57-30-34(8)12-4)26-44(40)49(43(39)25-47(45)56-29-33(7)11-3)41-21-35(50-58-19-17-52)13-15-37(41)38-16-14-36(22-42(38)49)51-59-20-18-53/h13-16,21-26,31-34,52-53H,9-12,17-20,27-30H2,1-8H3. The van der Waals surface area contributed by atoms with E-state index in [9.17, 15) is 10.2 Å². The minimum Gasteiger partial charge on any atom is -0.489 e. The molecule has 0 saturated carbocycles. The van der Waals surface area contributed by atoms with Crippen molar-refractivity contribution in [2.75, 3.05) is 52.9 Å². The van der Waals surface area contributed by atoms with Crippen LogP contribution >= 0.6 is 0 Å². The number of hydrogen-bond acceptors (Lipinski definition) is 8. The van der Waals surface area contributed by atoms with Crippen LogP contribution in [-0.2, 0) is 14.7 Å². The Morgan fingerprint density at radius 1 is 0.458 bits per heavy atom. The predicted octanol–water partition coefficient (Wildman–Crippen LogP) is 8.24. The molecule has 4 aromatic rings. The van der Waals surface area contributed by atoms with E-state index in [2.05, 4.69) is 116 Å². The van der Waals surface area contributed by atoms with E-state index in [1.807, 2.05) is 0 Å². The average Bonchev–Trinajstić information content (AvgIpc) is 3.70. The van der Waals surface area contributed by atoms with Crippen molar-refractivity contribution >= 4 is 25.9 Å². The van der Waals surface area contributed by atoms with Gasteiger partial charge in [-0.05, 0) is 92.4 Å². The van der Waals surface area contributed by atoms with Crippen LogP contribution < -0.4 is 29.9 Å². The highest BCUT2D eigenvalue weighted by Crippen LogP contribution is 2.65. The molecule has 4 aromatic carbocycles. The first-order chi connectivity index (χ1) is 28.6. The molecule has 2 N–H and O–H groups in total. The Morgan fingerprint density at radius 2 is 0.780 bits per heavy atom. The maximum atomic E-state index is 9.54. The number of aliphatic hydroxyl groups is 2. The number of fused-ring (bicyclic) bond motifs is 10. The van der Waals surface area contributed by atoms with Crippen LogP contribution in [0.1, 0.15) is 103 Å². The summed E-state index contributed by atoms with van der Waals surface area (Å²) in [4.78, 5) is 0. The second-order valence-corrected chi connectivity index (χ2v) is 16.8. The highest BCUT2D eigenvalue weighted by molar-refractivity contribution is 6.47. The van der Waals surface area contributed by atoms with Crippen LogP contribution in [0.4, 0.5) is 0 Å². The van der Waals surface area contributed by atoms with Gasteiger partial charge in [0.2, 0.25) is 0 Å². The molecule has 0 fully saturated rings. The Hall–Kier alpha value is -3.95. The van der Waals surface area contributed by atoms with Gasteiger partial charge in [-0.3, -0.25) is 0 Å². The van der Waals surface area contributed by atoms with Gasteiger partial charge in [0, 0.05) is 0 Å². The van der Waals surface area contributed by atoms with Crippen molar-refractivity contribution in [2.24, 2.45) is 23.7 Å². The van der Waals surface area contributed by atoms with Crippen molar-refractivity contribution in [3.05, 3.63) is 82.9 Å². The van der Waals surface area contributed by atoms with Gasteiger partial charge in [0.05, 0.1) is 58.3 Å². The van der Waals surface area contributed by atoms with Crippen molar-refractivity contribution in [1.82, 2.24) is 0 Å². The summed E-state index contributed by atoms with van der Waals surface area (Å²) in [6, 6.07) is 21.7. The molecule has 6 rings (SSSR count). The Kier molecular flexibility index (Phi) is 15.5. The van der Waals surface area contributed by atoms with Gasteiger partial charge in [0.15, 0.2) is 23.0 Å². The van der Waals surface area contributed by atoms with Gasteiger partial charge in [0.25, 0.3) is 0 Å². The molecule has 4 unspecified atom stereocenters. The largest absolute Gasteiger partial charge is 0.489 e. The molecule has 0 bridgehead atoms. The molecule has 59 heavy (non-hydrogen) atoms. The quantitative estimate of drug-likeness (QED) is 0.0467. The fraction of sp³-hybridized carbons (Fsp3) is 0.510. The fourth-order valence-corrected chi connectivity index (χ4v) is 7.68. The SMILES string of the molecule is CCC(C)COc1cc2c(cc1OCC(C)CC)C1(c3cc([B]OCCO)ccc3-c3ccc([B]OCCO)cc31)c1cc(OCC(C)CC)c(OCC(C)CC)cc1-2. The van der Waals surface area contributed by atoms with E-state index in [4.69, 9.17) is 28.3 Å². The van der Waals surface area contributed by atoms with Crippen LogP contribution in [0.3, 0.4) is 0 Å². The molecule has 0 saturated heterocycles. The van der Waals surface area contributed by atoms with E-state index in [0.717, 1.165) is 104 Å². The lowest BCUT2D eigenvalue weighted by molar-refractivity contribution is 0.209. The zero-order valence-electron chi connectivity index (χ0n) is 36.6. The van der Waals surface area contributed by atoms with Gasteiger partial charge in [-0.15, -0.1) is 0 Å². The number of aliphatic hydroxyl groups excluding tert-OH is 2.